The van der Waals surface area contributed by atoms with Crippen LogP contribution in [-0.2, 0) is 0 Å². The van der Waals surface area contributed by atoms with Crippen LogP contribution in [0.2, 0.25) is 0 Å². The first kappa shape index (κ1) is 16.8. The number of benzene rings is 1. The summed E-state index contributed by atoms with van der Waals surface area (Å²) in [5.74, 6) is -0.711. The second-order valence-corrected chi connectivity index (χ2v) is 4.97. The molecular weight excluding hydrogens is 312 g/mol. The second-order valence-electron chi connectivity index (χ2n) is 4.97. The summed E-state index contributed by atoms with van der Waals surface area (Å²) in [6, 6.07) is 7.47. The molecule has 2 aromatic rings. The van der Waals surface area contributed by atoms with E-state index in [-0.39, 0.29) is 11.4 Å². The Hall–Kier alpha value is -3.54. The summed E-state index contributed by atoms with van der Waals surface area (Å²) in [5.41, 5.74) is 3.92. The number of nitriles is 1. The lowest BCUT2D eigenvalue weighted by Gasteiger charge is -2.04. The Labute approximate surface area is 137 Å². The number of aromatic nitrogens is 2. The van der Waals surface area contributed by atoms with E-state index >= 15 is 0 Å². The van der Waals surface area contributed by atoms with E-state index in [1.807, 2.05) is 6.92 Å². The standard InChI is InChI=1S/C15H14N6O3/c1-9-10(2)19-20(11(9)3)15(22)13(8-16)18-17-12-6-4-5-7-14(12)21(23)24/h4-7,17H,1-3H3/b18-13+. The zero-order chi connectivity index (χ0) is 17.9. The molecule has 1 aromatic heterocycles. The SMILES string of the molecule is Cc1nn(C(=O)/C(C#N)=N/Nc2ccccc2[N+](=O)[O-])c(C)c1C. The Morgan fingerprint density at radius 2 is 2.04 bits per heavy atom. The van der Waals surface area contributed by atoms with E-state index < -0.39 is 16.5 Å². The van der Waals surface area contributed by atoms with Crippen molar-refractivity contribution in [2.24, 2.45) is 5.10 Å². The molecule has 0 amide bonds. The van der Waals surface area contributed by atoms with Crippen LogP contribution in [-0.4, -0.2) is 26.3 Å². The van der Waals surface area contributed by atoms with Gasteiger partial charge in [0, 0.05) is 11.8 Å². The molecule has 0 spiro atoms. The Morgan fingerprint density at radius 3 is 2.58 bits per heavy atom. The summed E-state index contributed by atoms with van der Waals surface area (Å²) < 4.78 is 1.09. The molecule has 0 bridgehead atoms. The van der Waals surface area contributed by atoms with Gasteiger partial charge >= 0.3 is 5.91 Å². The van der Waals surface area contributed by atoms with Crippen molar-refractivity contribution < 1.29 is 9.72 Å². The Balaban J connectivity index is 2.34. The van der Waals surface area contributed by atoms with Gasteiger partial charge in [-0.05, 0) is 32.4 Å². The quantitative estimate of drug-likeness (QED) is 0.522. The molecule has 0 unspecified atom stereocenters. The third-order valence-corrected chi connectivity index (χ3v) is 3.54. The molecule has 1 heterocycles. The molecule has 0 aliphatic heterocycles. The van der Waals surface area contributed by atoms with Crippen LogP contribution in [0.1, 0.15) is 21.7 Å². The molecule has 122 valence electrons. The van der Waals surface area contributed by atoms with Gasteiger partial charge in [-0.25, -0.2) is 0 Å². The zero-order valence-electron chi connectivity index (χ0n) is 13.3. The largest absolute Gasteiger partial charge is 0.309 e. The highest BCUT2D eigenvalue weighted by Crippen LogP contribution is 2.23. The van der Waals surface area contributed by atoms with Crippen LogP contribution in [0.5, 0.6) is 0 Å². The summed E-state index contributed by atoms with van der Waals surface area (Å²) in [7, 11) is 0. The molecule has 1 aromatic carbocycles. The normalized spacial score (nSPS) is 11.0. The molecular formula is C15H14N6O3. The molecule has 0 saturated carbocycles. The van der Waals surface area contributed by atoms with Gasteiger partial charge in [0.05, 0.1) is 10.6 Å². The van der Waals surface area contributed by atoms with Crippen molar-refractivity contribution >= 4 is 23.0 Å². The Morgan fingerprint density at radius 1 is 1.38 bits per heavy atom. The van der Waals surface area contributed by atoms with Gasteiger partial charge in [-0.1, -0.05) is 12.1 Å². The Bertz CT molecular complexity index is 891. The number of hydrogen-bond acceptors (Lipinski definition) is 7. The maximum absolute atomic E-state index is 12.4. The van der Waals surface area contributed by atoms with Crippen LogP contribution in [0.3, 0.4) is 0 Å². The minimum atomic E-state index is -0.711. The zero-order valence-corrected chi connectivity index (χ0v) is 13.3. The first-order chi connectivity index (χ1) is 11.4. The molecule has 0 radical (unpaired) electrons. The number of aryl methyl sites for hydroxylation is 1. The van der Waals surface area contributed by atoms with E-state index in [9.17, 15) is 14.9 Å². The van der Waals surface area contributed by atoms with Gasteiger partial charge in [-0.2, -0.15) is 20.1 Å². The minimum absolute atomic E-state index is 0.0765. The maximum Gasteiger partial charge on any atom is 0.309 e. The molecule has 9 heteroatoms. The van der Waals surface area contributed by atoms with Crippen molar-refractivity contribution in [3.8, 4) is 6.07 Å². The highest BCUT2D eigenvalue weighted by molar-refractivity contribution is 6.45. The van der Waals surface area contributed by atoms with Crippen LogP contribution in [0, 0.1) is 42.2 Å². The first-order valence-corrected chi connectivity index (χ1v) is 6.91. The number of carbonyl (C=O) groups is 1. The summed E-state index contributed by atoms with van der Waals surface area (Å²) in [6.07, 6.45) is 0. The van der Waals surface area contributed by atoms with Gasteiger partial charge in [-0.15, -0.1) is 0 Å². The van der Waals surface area contributed by atoms with E-state index in [1.54, 1.807) is 26.0 Å². The highest BCUT2D eigenvalue weighted by atomic mass is 16.6. The van der Waals surface area contributed by atoms with Gasteiger partial charge < -0.3 is 0 Å². The molecule has 0 fully saturated rings. The van der Waals surface area contributed by atoms with Crippen LogP contribution in [0.25, 0.3) is 0 Å². The van der Waals surface area contributed by atoms with Crippen molar-refractivity contribution in [3.05, 3.63) is 51.3 Å². The minimum Gasteiger partial charge on any atom is -0.270 e. The molecule has 0 saturated heterocycles. The second kappa shape index (κ2) is 6.70. The summed E-state index contributed by atoms with van der Waals surface area (Å²) in [5, 5.41) is 27.9. The molecule has 9 nitrogen and oxygen atoms in total. The molecule has 24 heavy (non-hydrogen) atoms. The number of hydrogen-bond donors (Lipinski definition) is 1. The number of nitro benzene ring substituents is 1. The topological polar surface area (TPSA) is 126 Å². The fourth-order valence-electron chi connectivity index (χ4n) is 1.98. The number of rotatable bonds is 4. The lowest BCUT2D eigenvalue weighted by Crippen LogP contribution is -2.24. The number of carbonyl (C=O) groups excluding carboxylic acids is 1. The number of nitro groups is 1. The molecule has 1 N–H and O–H groups in total. The van der Waals surface area contributed by atoms with E-state index in [4.69, 9.17) is 5.26 Å². The molecule has 0 atom stereocenters. The van der Waals surface area contributed by atoms with Gasteiger partial charge in [0.1, 0.15) is 11.8 Å². The highest BCUT2D eigenvalue weighted by Gasteiger charge is 2.20. The fraction of sp³-hybridized carbons (Fsp3) is 0.200. The van der Waals surface area contributed by atoms with Crippen LogP contribution >= 0.6 is 0 Å². The van der Waals surface area contributed by atoms with Gasteiger partial charge in [0.2, 0.25) is 5.71 Å². The third kappa shape index (κ3) is 3.12. The van der Waals surface area contributed by atoms with E-state index in [0.717, 1.165) is 10.2 Å². The molecule has 0 aliphatic carbocycles. The van der Waals surface area contributed by atoms with Crippen molar-refractivity contribution in [1.82, 2.24) is 9.78 Å². The summed E-state index contributed by atoms with van der Waals surface area (Å²) in [6.45, 7) is 5.27. The molecule has 2 rings (SSSR count). The van der Waals surface area contributed by atoms with Crippen molar-refractivity contribution in [1.29, 1.82) is 5.26 Å². The number of para-hydroxylation sites is 2. The van der Waals surface area contributed by atoms with E-state index in [2.05, 4.69) is 15.6 Å². The predicted octanol–water partition coefficient (Wildman–Crippen LogP) is 2.35. The average Bonchev–Trinajstić information content (AvgIpc) is 2.83. The maximum atomic E-state index is 12.4. The average molecular weight is 326 g/mol. The predicted molar refractivity (Wildman–Crippen MR) is 86.8 cm³/mol. The lowest BCUT2D eigenvalue weighted by molar-refractivity contribution is -0.384. The monoisotopic (exact) mass is 326 g/mol. The van der Waals surface area contributed by atoms with Gasteiger partial charge in [-0.3, -0.25) is 20.3 Å². The third-order valence-electron chi connectivity index (χ3n) is 3.54. The van der Waals surface area contributed by atoms with Gasteiger partial charge in [0.15, 0.2) is 0 Å². The number of nitrogens with one attached hydrogen (secondary N) is 1. The van der Waals surface area contributed by atoms with Gasteiger partial charge in [0.25, 0.3) is 5.69 Å². The molecule has 0 aliphatic rings. The van der Waals surface area contributed by atoms with Crippen LogP contribution < -0.4 is 5.43 Å². The van der Waals surface area contributed by atoms with Crippen molar-refractivity contribution in [3.63, 3.8) is 0 Å². The van der Waals surface area contributed by atoms with Crippen LogP contribution in [0.4, 0.5) is 11.4 Å². The van der Waals surface area contributed by atoms with E-state index in [0.29, 0.717) is 11.4 Å². The number of anilines is 1. The first-order valence-electron chi connectivity index (χ1n) is 6.91. The Kier molecular flexibility index (Phi) is 4.70. The van der Waals surface area contributed by atoms with Crippen LogP contribution in [0.15, 0.2) is 29.4 Å². The summed E-state index contributed by atoms with van der Waals surface area (Å²) in [4.78, 5) is 22.7. The smallest absolute Gasteiger partial charge is 0.270 e. The van der Waals surface area contributed by atoms with E-state index in [1.165, 1.54) is 18.2 Å². The number of nitrogens with zero attached hydrogens (tertiary/aromatic N) is 5. The lowest BCUT2D eigenvalue weighted by atomic mass is 10.2. The number of hydrazone groups is 1. The fourth-order valence-corrected chi connectivity index (χ4v) is 1.98. The summed E-state index contributed by atoms with van der Waals surface area (Å²) >= 11 is 0. The van der Waals surface area contributed by atoms with Crippen molar-refractivity contribution in [2.45, 2.75) is 20.8 Å². The van der Waals surface area contributed by atoms with Crippen molar-refractivity contribution in [2.75, 3.05) is 5.43 Å².